The quantitative estimate of drug-likeness (QED) is 0.774. The van der Waals surface area contributed by atoms with E-state index in [-0.39, 0.29) is 17.5 Å². The number of H-pyrrole nitrogens is 2. The largest absolute Gasteiger partial charge is 0.353 e. The molecule has 114 valence electrons. The number of nitrogens with one attached hydrogen (secondary N) is 2. The Kier molecular flexibility index (Phi) is 4.16. The summed E-state index contributed by atoms with van der Waals surface area (Å²) in [4.78, 5) is 33.1. The molecule has 3 heterocycles. The Labute approximate surface area is 120 Å². The Bertz CT molecular complexity index is 711. The maximum Gasteiger partial charge on any atom is 0.330 e. The molecule has 0 saturated carbocycles. The van der Waals surface area contributed by atoms with Crippen LogP contribution < -0.4 is 11.2 Å². The van der Waals surface area contributed by atoms with Crippen molar-refractivity contribution in [3.05, 3.63) is 27.2 Å². The molecule has 1 atom stereocenters. The zero-order chi connectivity index (χ0) is 14.7. The lowest BCUT2D eigenvalue weighted by atomic mass is 10.2. The number of imidazole rings is 1. The van der Waals surface area contributed by atoms with Crippen LogP contribution in [0.1, 0.15) is 25.7 Å². The zero-order valence-corrected chi connectivity index (χ0v) is 11.6. The molecule has 0 amide bonds. The van der Waals surface area contributed by atoms with Crippen molar-refractivity contribution in [3.63, 3.8) is 0 Å². The second-order valence-corrected chi connectivity index (χ2v) is 5.03. The third-order valence-corrected chi connectivity index (χ3v) is 3.54. The van der Waals surface area contributed by atoms with Gasteiger partial charge in [0.2, 0.25) is 0 Å². The van der Waals surface area contributed by atoms with Gasteiger partial charge in [-0.3, -0.25) is 14.3 Å². The van der Waals surface area contributed by atoms with E-state index in [0.29, 0.717) is 25.1 Å². The van der Waals surface area contributed by atoms with E-state index < -0.39 is 5.69 Å². The van der Waals surface area contributed by atoms with Crippen LogP contribution in [0.25, 0.3) is 11.2 Å². The van der Waals surface area contributed by atoms with E-state index in [9.17, 15) is 9.59 Å². The van der Waals surface area contributed by atoms with Crippen LogP contribution in [0.15, 0.2) is 15.9 Å². The van der Waals surface area contributed by atoms with Gasteiger partial charge in [-0.05, 0) is 25.7 Å². The number of rotatable bonds is 5. The second kappa shape index (κ2) is 6.23. The monoisotopic (exact) mass is 294 g/mol. The molecular formula is C13H18N4O4. The molecule has 2 aromatic rings. The van der Waals surface area contributed by atoms with E-state index in [1.807, 2.05) is 0 Å². The fourth-order valence-electron chi connectivity index (χ4n) is 2.43. The molecule has 0 bridgehead atoms. The first-order valence-electron chi connectivity index (χ1n) is 7.15. The van der Waals surface area contributed by atoms with Crippen molar-refractivity contribution >= 4 is 11.2 Å². The van der Waals surface area contributed by atoms with Crippen molar-refractivity contribution in [1.82, 2.24) is 19.5 Å². The molecule has 21 heavy (non-hydrogen) atoms. The number of hydrogen-bond acceptors (Lipinski definition) is 5. The molecule has 1 saturated heterocycles. The van der Waals surface area contributed by atoms with Crippen molar-refractivity contribution in [2.24, 2.45) is 0 Å². The normalized spacial score (nSPS) is 19.1. The molecule has 8 nitrogen and oxygen atoms in total. The second-order valence-electron chi connectivity index (χ2n) is 5.03. The molecule has 3 rings (SSSR count). The lowest BCUT2D eigenvalue weighted by Crippen LogP contribution is -2.35. The summed E-state index contributed by atoms with van der Waals surface area (Å²) >= 11 is 0. The molecule has 2 aromatic heterocycles. The minimum Gasteiger partial charge on any atom is -0.353 e. The third kappa shape index (κ3) is 3.06. The summed E-state index contributed by atoms with van der Waals surface area (Å²) < 4.78 is 12.2. The highest BCUT2D eigenvalue weighted by Gasteiger charge is 2.14. The Balaban J connectivity index is 1.60. The number of nitrogens with zero attached hydrogens (tertiary/aromatic N) is 2. The van der Waals surface area contributed by atoms with Crippen LogP contribution in [0.3, 0.4) is 0 Å². The standard InChI is InChI=1S/C13H18N4O4/c18-12-10-11(15-8-14-10)16-13(19)17(12)5-3-7-21-9-4-1-2-6-20-9/h8-9H,1-7H2,(H,14,15)(H,16,19). The third-order valence-electron chi connectivity index (χ3n) is 3.54. The molecule has 1 aliphatic heterocycles. The van der Waals surface area contributed by atoms with Gasteiger partial charge in [-0.2, -0.15) is 0 Å². The first kappa shape index (κ1) is 14.0. The molecule has 1 unspecified atom stereocenters. The number of ether oxygens (including phenoxy) is 2. The van der Waals surface area contributed by atoms with Crippen molar-refractivity contribution in [2.45, 2.75) is 38.5 Å². The fourth-order valence-corrected chi connectivity index (χ4v) is 2.43. The van der Waals surface area contributed by atoms with E-state index in [1.54, 1.807) is 0 Å². The van der Waals surface area contributed by atoms with Gasteiger partial charge in [0.1, 0.15) is 5.52 Å². The van der Waals surface area contributed by atoms with Crippen molar-refractivity contribution < 1.29 is 9.47 Å². The summed E-state index contributed by atoms with van der Waals surface area (Å²) in [5.41, 5.74) is -0.215. The van der Waals surface area contributed by atoms with E-state index in [2.05, 4.69) is 15.0 Å². The highest BCUT2D eigenvalue weighted by atomic mass is 16.7. The molecule has 0 spiro atoms. The molecular weight excluding hydrogens is 276 g/mol. The summed E-state index contributed by atoms with van der Waals surface area (Å²) in [6.45, 7) is 1.49. The van der Waals surface area contributed by atoms with Gasteiger partial charge in [-0.25, -0.2) is 9.78 Å². The maximum atomic E-state index is 12.1. The van der Waals surface area contributed by atoms with Crippen LogP contribution in [-0.2, 0) is 16.0 Å². The Morgan fingerprint density at radius 1 is 1.43 bits per heavy atom. The van der Waals surface area contributed by atoms with Crippen LogP contribution in [0, 0.1) is 0 Å². The Hall–Kier alpha value is -1.93. The van der Waals surface area contributed by atoms with Gasteiger partial charge in [0, 0.05) is 13.2 Å². The van der Waals surface area contributed by atoms with Crippen LogP contribution in [0.5, 0.6) is 0 Å². The van der Waals surface area contributed by atoms with Gasteiger partial charge in [-0.1, -0.05) is 0 Å². The molecule has 0 aliphatic carbocycles. The molecule has 1 fully saturated rings. The summed E-state index contributed by atoms with van der Waals surface area (Å²) in [5, 5.41) is 0. The molecule has 1 aliphatic rings. The minimum atomic E-state index is -0.450. The van der Waals surface area contributed by atoms with Gasteiger partial charge < -0.3 is 14.5 Å². The van der Waals surface area contributed by atoms with Gasteiger partial charge in [0.15, 0.2) is 11.9 Å². The summed E-state index contributed by atoms with van der Waals surface area (Å²) in [6.07, 6.45) is 4.90. The minimum absolute atomic E-state index is 0.149. The number of hydrogen-bond donors (Lipinski definition) is 2. The van der Waals surface area contributed by atoms with Crippen LogP contribution >= 0.6 is 0 Å². The summed E-state index contributed by atoms with van der Waals surface area (Å²) in [7, 11) is 0. The number of aromatic nitrogens is 4. The summed E-state index contributed by atoms with van der Waals surface area (Å²) in [6, 6.07) is 0. The van der Waals surface area contributed by atoms with Gasteiger partial charge in [0.25, 0.3) is 5.56 Å². The van der Waals surface area contributed by atoms with E-state index in [4.69, 9.17) is 9.47 Å². The SMILES string of the molecule is O=c1[nH]c2nc[nH]c2c(=O)n1CCCOC1CCCCO1. The fraction of sp³-hybridized carbons (Fsp3) is 0.615. The lowest BCUT2D eigenvalue weighted by molar-refractivity contribution is -0.163. The molecule has 8 heteroatoms. The summed E-state index contributed by atoms with van der Waals surface area (Å²) in [5.74, 6) is 0. The average molecular weight is 294 g/mol. The first-order valence-corrected chi connectivity index (χ1v) is 7.15. The van der Waals surface area contributed by atoms with Gasteiger partial charge >= 0.3 is 5.69 Å². The molecule has 0 aromatic carbocycles. The number of fused-ring (bicyclic) bond motifs is 1. The Morgan fingerprint density at radius 2 is 2.33 bits per heavy atom. The van der Waals surface area contributed by atoms with Crippen molar-refractivity contribution in [1.29, 1.82) is 0 Å². The molecule has 0 radical (unpaired) electrons. The topological polar surface area (TPSA) is 102 Å². The van der Waals surface area contributed by atoms with Gasteiger partial charge in [0.05, 0.1) is 12.9 Å². The average Bonchev–Trinajstić information content (AvgIpc) is 2.96. The van der Waals surface area contributed by atoms with Crippen molar-refractivity contribution in [3.8, 4) is 0 Å². The van der Waals surface area contributed by atoms with E-state index in [1.165, 1.54) is 6.33 Å². The highest BCUT2D eigenvalue weighted by molar-refractivity contribution is 5.67. The predicted octanol–water partition coefficient (Wildman–Crippen LogP) is 0.346. The number of aromatic amines is 2. The predicted molar refractivity (Wildman–Crippen MR) is 75.1 cm³/mol. The Morgan fingerprint density at radius 3 is 3.14 bits per heavy atom. The van der Waals surface area contributed by atoms with Crippen LogP contribution in [0.4, 0.5) is 0 Å². The van der Waals surface area contributed by atoms with Crippen LogP contribution in [-0.4, -0.2) is 39.0 Å². The van der Waals surface area contributed by atoms with Crippen LogP contribution in [0.2, 0.25) is 0 Å². The van der Waals surface area contributed by atoms with E-state index >= 15 is 0 Å². The van der Waals surface area contributed by atoms with Crippen molar-refractivity contribution in [2.75, 3.05) is 13.2 Å². The van der Waals surface area contributed by atoms with E-state index in [0.717, 1.165) is 30.4 Å². The molecule has 2 N–H and O–H groups in total. The van der Waals surface area contributed by atoms with Gasteiger partial charge in [-0.15, -0.1) is 0 Å². The maximum absolute atomic E-state index is 12.1. The zero-order valence-electron chi connectivity index (χ0n) is 11.6. The highest BCUT2D eigenvalue weighted by Crippen LogP contribution is 2.13. The smallest absolute Gasteiger partial charge is 0.330 e. The first-order chi connectivity index (χ1) is 10.3. The lowest BCUT2D eigenvalue weighted by Gasteiger charge is -2.22.